The molecule has 0 unspecified atom stereocenters. The van der Waals surface area contributed by atoms with Crippen LogP contribution < -0.4 is 14.8 Å². The monoisotopic (exact) mass is 417 g/mol. The fourth-order valence-corrected chi connectivity index (χ4v) is 3.09. The molecule has 0 spiro atoms. The molecule has 0 heterocycles. The van der Waals surface area contributed by atoms with Crippen molar-refractivity contribution in [1.82, 2.24) is 5.32 Å². The summed E-state index contributed by atoms with van der Waals surface area (Å²) in [5.41, 5.74) is 4.61. The molecule has 3 aromatic rings. The Hall–Kier alpha value is -2.20. The molecule has 0 aliphatic heterocycles. The summed E-state index contributed by atoms with van der Waals surface area (Å²) in [7, 11) is 1.63. The van der Waals surface area contributed by atoms with Gasteiger partial charge < -0.3 is 14.8 Å². The maximum Gasteiger partial charge on any atom is 0.180 e. The first-order valence-corrected chi connectivity index (χ1v) is 9.33. The molecular weight excluding hydrogens is 393 g/mol. The second-order valence-corrected chi connectivity index (χ2v) is 6.88. The number of halogens is 2. The topological polar surface area (TPSA) is 30.5 Å². The van der Waals surface area contributed by atoms with Crippen LogP contribution in [0.15, 0.2) is 66.7 Å². The number of aryl methyl sites for hydroxylation is 1. The lowest BCUT2D eigenvalue weighted by molar-refractivity contribution is 0.284. The lowest BCUT2D eigenvalue weighted by atomic mass is 10.1. The molecule has 1 N–H and O–H groups in total. The van der Waals surface area contributed by atoms with Crippen LogP contribution in [0.3, 0.4) is 0 Å². The van der Waals surface area contributed by atoms with Gasteiger partial charge in [-0.2, -0.15) is 0 Å². The summed E-state index contributed by atoms with van der Waals surface area (Å²) in [6, 6.07) is 22.4. The van der Waals surface area contributed by atoms with Crippen molar-refractivity contribution >= 4 is 24.0 Å². The number of ether oxygens (including phenoxy) is 2. The van der Waals surface area contributed by atoms with Crippen LogP contribution in [-0.2, 0) is 19.7 Å². The van der Waals surface area contributed by atoms with Crippen LogP contribution in [0.25, 0.3) is 0 Å². The Balaban J connectivity index is 0.00000280. The largest absolute Gasteiger partial charge is 0.493 e. The molecule has 0 saturated heterocycles. The first-order valence-electron chi connectivity index (χ1n) is 8.95. The van der Waals surface area contributed by atoms with E-state index < -0.39 is 0 Å². The zero-order chi connectivity index (χ0) is 19.1. The van der Waals surface area contributed by atoms with Crippen LogP contribution in [0, 0.1) is 6.92 Å². The van der Waals surface area contributed by atoms with E-state index in [0.29, 0.717) is 29.7 Å². The minimum Gasteiger partial charge on any atom is -0.493 e. The van der Waals surface area contributed by atoms with Gasteiger partial charge in [-0.05, 0) is 35.7 Å². The van der Waals surface area contributed by atoms with Gasteiger partial charge in [-0.25, -0.2) is 0 Å². The highest BCUT2D eigenvalue weighted by Gasteiger charge is 2.12. The van der Waals surface area contributed by atoms with E-state index in [1.54, 1.807) is 7.11 Å². The lowest BCUT2D eigenvalue weighted by Gasteiger charge is -2.15. The summed E-state index contributed by atoms with van der Waals surface area (Å²) in [4.78, 5) is 0. The number of nitrogens with one attached hydrogen (secondary N) is 1. The van der Waals surface area contributed by atoms with E-state index in [9.17, 15) is 0 Å². The molecule has 28 heavy (non-hydrogen) atoms. The minimum atomic E-state index is 0. The summed E-state index contributed by atoms with van der Waals surface area (Å²) in [5.74, 6) is 1.22. The first-order chi connectivity index (χ1) is 13.2. The maximum absolute atomic E-state index is 6.47. The van der Waals surface area contributed by atoms with Crippen molar-refractivity contribution in [2.24, 2.45) is 0 Å². The number of methoxy groups -OCH3 is 1. The number of benzene rings is 3. The molecule has 0 radical (unpaired) electrons. The maximum atomic E-state index is 6.47. The first kappa shape index (κ1) is 22.1. The van der Waals surface area contributed by atoms with Gasteiger partial charge in [-0.3, -0.25) is 0 Å². The predicted molar refractivity (Wildman–Crippen MR) is 118 cm³/mol. The standard InChI is InChI=1S/C23H24ClNO2.ClH/c1-17-8-10-19(11-9-17)16-27-23-21(24)12-20(13-22(23)26-2)15-25-14-18-6-4-3-5-7-18;/h3-13,25H,14-16H2,1-2H3;1H. The fraction of sp³-hybridized carbons (Fsp3) is 0.217. The summed E-state index contributed by atoms with van der Waals surface area (Å²) < 4.78 is 11.4. The van der Waals surface area contributed by atoms with Crippen LogP contribution in [-0.4, -0.2) is 7.11 Å². The SMILES string of the molecule is COc1cc(CNCc2ccccc2)cc(Cl)c1OCc1ccc(C)cc1.Cl. The number of hydrogen-bond acceptors (Lipinski definition) is 3. The molecular formula is C23H25Cl2NO2. The molecule has 0 atom stereocenters. The summed E-state index contributed by atoms with van der Waals surface area (Å²) in [5, 5.41) is 3.98. The molecule has 0 fully saturated rings. The third-order valence-electron chi connectivity index (χ3n) is 4.29. The zero-order valence-electron chi connectivity index (χ0n) is 16.1. The van der Waals surface area contributed by atoms with Gasteiger partial charge in [0.1, 0.15) is 6.61 Å². The summed E-state index contributed by atoms with van der Waals surface area (Å²) in [6.07, 6.45) is 0. The van der Waals surface area contributed by atoms with Gasteiger partial charge in [0.05, 0.1) is 12.1 Å². The molecule has 148 valence electrons. The van der Waals surface area contributed by atoms with Gasteiger partial charge in [0.25, 0.3) is 0 Å². The van der Waals surface area contributed by atoms with Gasteiger partial charge >= 0.3 is 0 Å². The molecule has 3 nitrogen and oxygen atoms in total. The van der Waals surface area contributed by atoms with Crippen molar-refractivity contribution in [3.63, 3.8) is 0 Å². The van der Waals surface area contributed by atoms with E-state index in [4.69, 9.17) is 21.1 Å². The second kappa shape index (κ2) is 11.0. The van der Waals surface area contributed by atoms with Crippen LogP contribution in [0.5, 0.6) is 11.5 Å². The van der Waals surface area contributed by atoms with Gasteiger partial charge in [0.15, 0.2) is 11.5 Å². The van der Waals surface area contributed by atoms with Gasteiger partial charge in [0.2, 0.25) is 0 Å². The smallest absolute Gasteiger partial charge is 0.180 e. The molecule has 3 aromatic carbocycles. The third-order valence-corrected chi connectivity index (χ3v) is 4.57. The van der Waals surface area contributed by atoms with E-state index in [0.717, 1.165) is 17.7 Å². The molecule has 0 amide bonds. The van der Waals surface area contributed by atoms with Gasteiger partial charge in [-0.15, -0.1) is 12.4 Å². The lowest BCUT2D eigenvalue weighted by Crippen LogP contribution is -2.12. The zero-order valence-corrected chi connectivity index (χ0v) is 17.6. The Labute approximate surface area is 178 Å². The van der Waals surface area contributed by atoms with E-state index in [2.05, 4.69) is 48.6 Å². The fourth-order valence-electron chi connectivity index (χ4n) is 2.80. The minimum absolute atomic E-state index is 0. The van der Waals surface area contributed by atoms with E-state index >= 15 is 0 Å². The highest BCUT2D eigenvalue weighted by atomic mass is 35.5. The summed E-state index contributed by atoms with van der Waals surface area (Å²) in [6.45, 7) is 4.01. The summed E-state index contributed by atoms with van der Waals surface area (Å²) >= 11 is 6.47. The molecule has 5 heteroatoms. The molecule has 0 aliphatic carbocycles. The van der Waals surface area contributed by atoms with Crippen LogP contribution >= 0.6 is 24.0 Å². The van der Waals surface area contributed by atoms with Gasteiger partial charge in [-0.1, -0.05) is 71.8 Å². The average molecular weight is 418 g/mol. The van der Waals surface area contributed by atoms with Crippen LogP contribution in [0.4, 0.5) is 0 Å². The second-order valence-electron chi connectivity index (χ2n) is 6.47. The van der Waals surface area contributed by atoms with Crippen molar-refractivity contribution in [1.29, 1.82) is 0 Å². The number of rotatable bonds is 8. The molecule has 0 bridgehead atoms. The Kier molecular flexibility index (Phi) is 8.65. The third kappa shape index (κ3) is 6.16. The van der Waals surface area contributed by atoms with Crippen molar-refractivity contribution in [3.05, 3.63) is 94.0 Å². The quantitative estimate of drug-likeness (QED) is 0.491. The Morgan fingerprint density at radius 1 is 0.857 bits per heavy atom. The Morgan fingerprint density at radius 3 is 2.21 bits per heavy atom. The van der Waals surface area contributed by atoms with Crippen LogP contribution in [0.2, 0.25) is 5.02 Å². The van der Waals surface area contributed by atoms with Crippen molar-refractivity contribution in [2.75, 3.05) is 7.11 Å². The van der Waals surface area contributed by atoms with Crippen molar-refractivity contribution in [2.45, 2.75) is 26.6 Å². The highest BCUT2D eigenvalue weighted by molar-refractivity contribution is 6.32. The predicted octanol–water partition coefficient (Wildman–Crippen LogP) is 5.95. The van der Waals surface area contributed by atoms with E-state index in [1.807, 2.05) is 30.3 Å². The van der Waals surface area contributed by atoms with Gasteiger partial charge in [0, 0.05) is 13.1 Å². The highest BCUT2D eigenvalue weighted by Crippen LogP contribution is 2.37. The Bertz CT molecular complexity index is 868. The van der Waals surface area contributed by atoms with E-state index in [1.165, 1.54) is 11.1 Å². The van der Waals surface area contributed by atoms with Crippen molar-refractivity contribution < 1.29 is 9.47 Å². The average Bonchev–Trinajstić information content (AvgIpc) is 2.69. The normalized spacial score (nSPS) is 10.2. The van der Waals surface area contributed by atoms with Crippen LogP contribution in [0.1, 0.15) is 22.3 Å². The Morgan fingerprint density at radius 2 is 1.54 bits per heavy atom. The molecule has 0 aromatic heterocycles. The van der Waals surface area contributed by atoms with Crippen molar-refractivity contribution in [3.8, 4) is 11.5 Å². The molecule has 0 aliphatic rings. The van der Waals surface area contributed by atoms with E-state index in [-0.39, 0.29) is 12.4 Å². The number of hydrogen-bond donors (Lipinski definition) is 1. The molecule has 3 rings (SSSR count). The molecule has 0 saturated carbocycles.